The van der Waals surface area contributed by atoms with Crippen molar-refractivity contribution in [2.24, 2.45) is 0 Å². The van der Waals surface area contributed by atoms with E-state index in [0.29, 0.717) is 14.5 Å². The number of nitrogens with one attached hydrogen (secondary N) is 1. The van der Waals surface area contributed by atoms with Crippen LogP contribution in [-0.2, 0) is 0 Å². The van der Waals surface area contributed by atoms with Crippen molar-refractivity contribution in [3.63, 3.8) is 0 Å². The molecule has 0 saturated heterocycles. The molecule has 88 valence electrons. The molecule has 0 saturated carbocycles. The molecule has 3 rings (SSSR count). The molecule has 1 aromatic heterocycles. The van der Waals surface area contributed by atoms with Gasteiger partial charge >= 0.3 is 112 Å². The number of hydrogen-bond acceptors (Lipinski definition) is 2. The average molecular weight is 299 g/mol. The molecule has 1 N–H and O–H groups in total. The summed E-state index contributed by atoms with van der Waals surface area (Å²) in [6.45, 7) is 0. The summed E-state index contributed by atoms with van der Waals surface area (Å²) in [5.74, 6) is 0. The van der Waals surface area contributed by atoms with Gasteiger partial charge in [0.05, 0.1) is 0 Å². The summed E-state index contributed by atoms with van der Waals surface area (Å²) in [6, 6.07) is 20.5. The Hall–Kier alpha value is -1.83. The van der Waals surface area contributed by atoms with Gasteiger partial charge in [0.2, 0.25) is 0 Å². The van der Waals surface area contributed by atoms with Crippen LogP contribution < -0.4 is 5.32 Å². The van der Waals surface area contributed by atoms with E-state index in [1.165, 1.54) is 5.56 Å². The van der Waals surface area contributed by atoms with Crippen LogP contribution in [0, 0.1) is 0 Å². The Balaban J connectivity index is 1.82. The van der Waals surface area contributed by atoms with Crippen LogP contribution in [0.3, 0.4) is 0 Å². The first-order valence-corrected chi connectivity index (χ1v) is 7.59. The third-order valence-corrected chi connectivity index (χ3v) is 4.19. The van der Waals surface area contributed by atoms with E-state index in [0.717, 1.165) is 16.1 Å². The molecule has 0 bridgehead atoms. The second kappa shape index (κ2) is 5.21. The van der Waals surface area contributed by atoms with E-state index in [2.05, 4.69) is 39.5 Å². The molecule has 0 unspecified atom stereocenters. The minimum atomic E-state index is 0.293. The van der Waals surface area contributed by atoms with Gasteiger partial charge in [-0.1, -0.05) is 0 Å². The Morgan fingerprint density at radius 2 is 1.50 bits per heavy atom. The third kappa shape index (κ3) is 2.53. The van der Waals surface area contributed by atoms with Gasteiger partial charge in [-0.05, 0) is 0 Å². The van der Waals surface area contributed by atoms with Gasteiger partial charge in [0.25, 0.3) is 0 Å². The molecule has 2 aromatic carbocycles. The van der Waals surface area contributed by atoms with Crippen LogP contribution in [0.5, 0.6) is 0 Å². The zero-order chi connectivity index (χ0) is 12.2. The predicted molar refractivity (Wildman–Crippen MR) is 76.3 cm³/mol. The van der Waals surface area contributed by atoms with Crippen LogP contribution in [0.1, 0.15) is 0 Å². The normalized spacial score (nSPS) is 10.2. The standard InChI is InChI=1S/C15H12N2Se/c1-3-7-12(8-4-1)14-11-18-15(17-14)16-13-9-5-2-6-10-13/h1-11H,(H,16,17). The quantitative estimate of drug-likeness (QED) is 0.748. The molecule has 2 nitrogen and oxygen atoms in total. The van der Waals surface area contributed by atoms with E-state index in [1.807, 2.05) is 36.4 Å². The van der Waals surface area contributed by atoms with Gasteiger partial charge in [0.1, 0.15) is 0 Å². The number of anilines is 2. The zero-order valence-corrected chi connectivity index (χ0v) is 11.4. The Bertz CT molecular complexity index is 617. The molecule has 1 heterocycles. The Kier molecular flexibility index (Phi) is 3.26. The van der Waals surface area contributed by atoms with Gasteiger partial charge in [-0.15, -0.1) is 0 Å². The first-order valence-electron chi connectivity index (χ1n) is 5.75. The van der Waals surface area contributed by atoms with Gasteiger partial charge in [-0.25, -0.2) is 0 Å². The van der Waals surface area contributed by atoms with Crippen molar-refractivity contribution in [1.29, 1.82) is 0 Å². The maximum atomic E-state index is 4.65. The molecule has 0 fully saturated rings. The first kappa shape index (κ1) is 11.3. The fraction of sp³-hybridized carbons (Fsp3) is 0. The van der Waals surface area contributed by atoms with Crippen molar-refractivity contribution >= 4 is 24.9 Å². The molecule has 0 amide bonds. The number of benzene rings is 2. The molecular formula is C15H12N2Se. The Labute approximate surface area is 112 Å². The van der Waals surface area contributed by atoms with Gasteiger partial charge in [-0.3, -0.25) is 0 Å². The van der Waals surface area contributed by atoms with Gasteiger partial charge in [0, 0.05) is 0 Å². The molecule has 0 aliphatic heterocycles. The molecular weight excluding hydrogens is 287 g/mol. The minimum absolute atomic E-state index is 0.293. The SMILES string of the molecule is c1ccc(Nc2nc(-c3ccccc3)c[se]2)cc1. The molecule has 0 radical (unpaired) electrons. The molecule has 3 aromatic rings. The van der Waals surface area contributed by atoms with Crippen LogP contribution in [0.2, 0.25) is 0 Å². The second-order valence-corrected chi connectivity index (χ2v) is 5.70. The Morgan fingerprint density at radius 1 is 0.833 bits per heavy atom. The molecule has 18 heavy (non-hydrogen) atoms. The van der Waals surface area contributed by atoms with E-state index in [4.69, 9.17) is 0 Å². The Morgan fingerprint density at radius 3 is 2.22 bits per heavy atom. The van der Waals surface area contributed by atoms with Crippen molar-refractivity contribution in [1.82, 2.24) is 4.98 Å². The molecule has 0 spiro atoms. The second-order valence-electron chi connectivity index (χ2n) is 3.89. The van der Waals surface area contributed by atoms with E-state index < -0.39 is 0 Å². The third-order valence-electron chi connectivity index (χ3n) is 2.60. The van der Waals surface area contributed by atoms with E-state index in [-0.39, 0.29) is 0 Å². The predicted octanol–water partition coefficient (Wildman–Crippen LogP) is 3.55. The number of rotatable bonds is 3. The van der Waals surface area contributed by atoms with Gasteiger partial charge < -0.3 is 0 Å². The van der Waals surface area contributed by atoms with Crippen molar-refractivity contribution in [2.75, 3.05) is 5.32 Å². The fourth-order valence-electron chi connectivity index (χ4n) is 1.72. The average Bonchev–Trinajstić information content (AvgIpc) is 2.89. The summed E-state index contributed by atoms with van der Waals surface area (Å²) >= 11 is 0.293. The fourth-order valence-corrected chi connectivity index (χ4v) is 3.27. The number of aromatic nitrogens is 1. The topological polar surface area (TPSA) is 24.9 Å². The van der Waals surface area contributed by atoms with Crippen LogP contribution in [0.15, 0.2) is 65.6 Å². The van der Waals surface area contributed by atoms with Crippen LogP contribution in [0.25, 0.3) is 11.3 Å². The zero-order valence-electron chi connectivity index (χ0n) is 9.71. The van der Waals surface area contributed by atoms with E-state index >= 15 is 0 Å². The summed E-state index contributed by atoms with van der Waals surface area (Å²) in [5, 5.41) is 3.37. The van der Waals surface area contributed by atoms with Gasteiger partial charge in [-0.2, -0.15) is 0 Å². The summed E-state index contributed by atoms with van der Waals surface area (Å²) in [5.41, 5.74) is 3.36. The van der Waals surface area contributed by atoms with E-state index in [1.54, 1.807) is 0 Å². The molecule has 3 heteroatoms. The molecule has 0 atom stereocenters. The summed E-state index contributed by atoms with van der Waals surface area (Å²) in [4.78, 5) is 6.86. The van der Waals surface area contributed by atoms with Crippen LogP contribution in [-0.4, -0.2) is 19.5 Å². The monoisotopic (exact) mass is 300 g/mol. The first-order chi connectivity index (χ1) is 8.92. The maximum absolute atomic E-state index is 4.65. The van der Waals surface area contributed by atoms with Gasteiger partial charge in [0.15, 0.2) is 0 Å². The molecule has 0 aliphatic carbocycles. The number of para-hydroxylation sites is 1. The summed E-state index contributed by atoms with van der Waals surface area (Å²) in [7, 11) is 0. The van der Waals surface area contributed by atoms with Crippen LogP contribution in [0.4, 0.5) is 10.4 Å². The summed E-state index contributed by atoms with van der Waals surface area (Å²) in [6.07, 6.45) is 0. The van der Waals surface area contributed by atoms with Crippen molar-refractivity contribution in [2.45, 2.75) is 0 Å². The van der Waals surface area contributed by atoms with Crippen molar-refractivity contribution < 1.29 is 0 Å². The van der Waals surface area contributed by atoms with Crippen LogP contribution >= 0.6 is 0 Å². The number of nitrogens with zero attached hydrogens (tertiary/aromatic N) is 1. The summed E-state index contributed by atoms with van der Waals surface area (Å²) < 4.78 is 1.06. The molecule has 0 aliphatic rings. The number of hydrogen-bond donors (Lipinski definition) is 1. The van der Waals surface area contributed by atoms with Crippen molar-refractivity contribution in [3.8, 4) is 11.3 Å². The van der Waals surface area contributed by atoms with Crippen molar-refractivity contribution in [3.05, 3.63) is 65.6 Å². The van der Waals surface area contributed by atoms with E-state index in [9.17, 15) is 0 Å².